The predicted molar refractivity (Wildman–Crippen MR) is 105 cm³/mol. The van der Waals surface area contributed by atoms with Crippen molar-refractivity contribution in [3.8, 4) is 5.75 Å². The number of nitrogens with one attached hydrogen (secondary N) is 1. The number of amides is 2. The number of carbonyl (C=O) groups is 2. The number of anilines is 1. The van der Waals surface area contributed by atoms with E-state index in [1.807, 2.05) is 20.8 Å². The highest BCUT2D eigenvalue weighted by atomic mass is 16.6. The van der Waals surface area contributed by atoms with Crippen LogP contribution < -0.4 is 10.1 Å². The Balaban J connectivity index is 1.81. The maximum absolute atomic E-state index is 12.9. The summed E-state index contributed by atoms with van der Waals surface area (Å²) in [5.41, 5.74) is 2.07. The highest BCUT2D eigenvalue weighted by Gasteiger charge is 2.31. The summed E-state index contributed by atoms with van der Waals surface area (Å²) in [6.07, 6.45) is 0.190. The molecule has 0 aliphatic carbocycles. The van der Waals surface area contributed by atoms with Crippen LogP contribution >= 0.6 is 0 Å². The van der Waals surface area contributed by atoms with Crippen molar-refractivity contribution < 1.29 is 19.1 Å². The number of fused-ring (bicyclic) bond motifs is 1. The molecule has 2 aromatic rings. The van der Waals surface area contributed by atoms with Crippen molar-refractivity contribution in [1.29, 1.82) is 0 Å². The van der Waals surface area contributed by atoms with Crippen molar-refractivity contribution in [2.45, 2.75) is 39.3 Å². The zero-order valence-electron chi connectivity index (χ0n) is 16.9. The predicted octanol–water partition coefficient (Wildman–Crippen LogP) is 2.97. The van der Waals surface area contributed by atoms with Crippen LogP contribution in [-0.4, -0.2) is 45.9 Å². The fourth-order valence-corrected chi connectivity index (χ4v) is 3.16. The largest absolute Gasteiger partial charge is 0.497 e. The van der Waals surface area contributed by atoms with Gasteiger partial charge in [-0.1, -0.05) is 6.07 Å². The highest BCUT2D eigenvalue weighted by molar-refractivity contribution is 6.04. The minimum atomic E-state index is -0.571. The molecule has 1 aliphatic heterocycles. The van der Waals surface area contributed by atoms with Crippen LogP contribution in [0.15, 0.2) is 24.3 Å². The number of hydrogen-bond acceptors (Lipinski definition) is 5. The molecule has 0 bridgehead atoms. The van der Waals surface area contributed by atoms with Gasteiger partial charge in [-0.15, -0.1) is 0 Å². The average Bonchev–Trinajstić information content (AvgIpc) is 2.95. The zero-order valence-corrected chi connectivity index (χ0v) is 16.9. The lowest BCUT2D eigenvalue weighted by Crippen LogP contribution is -2.40. The molecule has 0 radical (unpaired) electrons. The molecule has 28 heavy (non-hydrogen) atoms. The van der Waals surface area contributed by atoms with Gasteiger partial charge in [-0.05, 0) is 32.9 Å². The molecule has 8 heteroatoms. The van der Waals surface area contributed by atoms with Crippen LogP contribution in [0.2, 0.25) is 0 Å². The molecule has 0 saturated carbocycles. The molecular weight excluding hydrogens is 360 g/mol. The molecule has 0 fully saturated rings. The van der Waals surface area contributed by atoms with E-state index >= 15 is 0 Å². The van der Waals surface area contributed by atoms with E-state index in [-0.39, 0.29) is 12.0 Å². The van der Waals surface area contributed by atoms with Crippen LogP contribution in [0.25, 0.3) is 0 Å². The van der Waals surface area contributed by atoms with E-state index in [2.05, 4.69) is 10.4 Å². The van der Waals surface area contributed by atoms with Crippen LogP contribution in [0.1, 0.15) is 42.5 Å². The quantitative estimate of drug-likeness (QED) is 0.876. The third-order valence-corrected chi connectivity index (χ3v) is 4.39. The van der Waals surface area contributed by atoms with Crippen molar-refractivity contribution in [1.82, 2.24) is 14.7 Å². The summed E-state index contributed by atoms with van der Waals surface area (Å²) in [7, 11) is 3.31. The van der Waals surface area contributed by atoms with Gasteiger partial charge in [0.15, 0.2) is 0 Å². The van der Waals surface area contributed by atoms with Crippen LogP contribution in [0.4, 0.5) is 10.5 Å². The van der Waals surface area contributed by atoms with Gasteiger partial charge in [-0.3, -0.25) is 9.48 Å². The zero-order chi connectivity index (χ0) is 20.5. The van der Waals surface area contributed by atoms with E-state index in [1.54, 1.807) is 48.0 Å². The highest BCUT2D eigenvalue weighted by Crippen LogP contribution is 2.25. The van der Waals surface area contributed by atoms with E-state index < -0.39 is 5.60 Å². The minimum absolute atomic E-state index is 0.282. The molecule has 1 aromatic carbocycles. The second kappa shape index (κ2) is 7.53. The molecule has 3 rings (SSSR count). The number of nitrogens with zero attached hydrogens (tertiary/aromatic N) is 3. The van der Waals surface area contributed by atoms with Crippen LogP contribution in [0, 0.1) is 0 Å². The summed E-state index contributed by atoms with van der Waals surface area (Å²) >= 11 is 0. The van der Waals surface area contributed by atoms with E-state index in [1.165, 1.54) is 0 Å². The van der Waals surface area contributed by atoms with Crippen LogP contribution in [0.3, 0.4) is 0 Å². The molecule has 0 atom stereocenters. The number of hydrogen-bond donors (Lipinski definition) is 1. The maximum atomic E-state index is 12.9. The van der Waals surface area contributed by atoms with Gasteiger partial charge in [0.25, 0.3) is 5.91 Å². The van der Waals surface area contributed by atoms with E-state index in [9.17, 15) is 9.59 Å². The molecule has 0 unspecified atom stereocenters. The Morgan fingerprint density at radius 1 is 1.25 bits per heavy atom. The van der Waals surface area contributed by atoms with Gasteiger partial charge in [0.05, 0.1) is 19.3 Å². The van der Waals surface area contributed by atoms with Gasteiger partial charge in [-0.2, -0.15) is 5.10 Å². The van der Waals surface area contributed by atoms with Gasteiger partial charge in [0.1, 0.15) is 17.0 Å². The maximum Gasteiger partial charge on any atom is 0.410 e. The Morgan fingerprint density at radius 2 is 2.00 bits per heavy atom. The average molecular weight is 386 g/mol. The molecular formula is C20H26N4O4. The Bertz CT molecular complexity index is 898. The van der Waals surface area contributed by atoms with E-state index in [0.29, 0.717) is 36.6 Å². The van der Waals surface area contributed by atoms with E-state index in [0.717, 1.165) is 11.3 Å². The molecule has 1 aromatic heterocycles. The second-order valence-corrected chi connectivity index (χ2v) is 7.74. The smallest absolute Gasteiger partial charge is 0.410 e. The number of methoxy groups -OCH3 is 1. The molecule has 0 spiro atoms. The van der Waals surface area contributed by atoms with Gasteiger partial charge in [-0.25, -0.2) is 4.79 Å². The van der Waals surface area contributed by atoms with Gasteiger partial charge < -0.3 is 19.7 Å². The number of aryl methyl sites for hydroxylation is 1. The first kappa shape index (κ1) is 19.7. The fraction of sp³-hybridized carbons (Fsp3) is 0.450. The Morgan fingerprint density at radius 3 is 2.68 bits per heavy atom. The third-order valence-electron chi connectivity index (χ3n) is 4.39. The van der Waals surface area contributed by atoms with Crippen molar-refractivity contribution in [2.75, 3.05) is 19.0 Å². The Kier molecular flexibility index (Phi) is 5.31. The summed E-state index contributed by atoms with van der Waals surface area (Å²) in [5.74, 6) is 0.372. The first-order valence-electron chi connectivity index (χ1n) is 9.16. The Labute approximate surface area is 164 Å². The van der Waals surface area contributed by atoms with Crippen molar-refractivity contribution >= 4 is 17.7 Å². The fourth-order valence-electron chi connectivity index (χ4n) is 3.16. The third kappa shape index (κ3) is 4.27. The first-order chi connectivity index (χ1) is 13.2. The van der Waals surface area contributed by atoms with Crippen molar-refractivity contribution in [3.05, 3.63) is 41.2 Å². The van der Waals surface area contributed by atoms with Crippen LogP contribution in [0.5, 0.6) is 5.75 Å². The summed E-state index contributed by atoms with van der Waals surface area (Å²) in [6.45, 7) is 6.29. The number of aromatic nitrogens is 2. The number of carbonyl (C=O) groups excluding carboxylic acids is 2. The molecule has 2 heterocycles. The number of ether oxygens (including phenoxy) is 2. The summed E-state index contributed by atoms with van der Waals surface area (Å²) in [4.78, 5) is 27.0. The normalized spacial score (nSPS) is 13.7. The minimum Gasteiger partial charge on any atom is -0.497 e. The summed E-state index contributed by atoms with van der Waals surface area (Å²) < 4.78 is 12.2. The van der Waals surface area contributed by atoms with Gasteiger partial charge in [0, 0.05) is 37.3 Å². The van der Waals surface area contributed by atoms with Crippen LogP contribution in [-0.2, 0) is 24.8 Å². The number of benzene rings is 1. The molecule has 1 N–H and O–H groups in total. The summed E-state index contributed by atoms with van der Waals surface area (Å²) in [5, 5.41) is 7.35. The molecule has 2 amide bonds. The van der Waals surface area contributed by atoms with E-state index in [4.69, 9.17) is 9.47 Å². The van der Waals surface area contributed by atoms with Crippen molar-refractivity contribution in [2.24, 2.45) is 7.05 Å². The molecule has 0 saturated heterocycles. The molecule has 150 valence electrons. The van der Waals surface area contributed by atoms with Crippen molar-refractivity contribution in [3.63, 3.8) is 0 Å². The van der Waals surface area contributed by atoms with Gasteiger partial charge >= 0.3 is 6.09 Å². The number of rotatable bonds is 3. The SMILES string of the molecule is COc1cccc(NC(=O)c2c3c(nn2C)CCN(C(=O)OC(C)(C)C)C3)c1. The lowest BCUT2D eigenvalue weighted by molar-refractivity contribution is 0.0222. The molecule has 1 aliphatic rings. The topological polar surface area (TPSA) is 85.7 Å². The van der Waals surface area contributed by atoms with Gasteiger partial charge in [0.2, 0.25) is 0 Å². The monoisotopic (exact) mass is 386 g/mol. The lowest BCUT2D eigenvalue weighted by atomic mass is 10.1. The Hall–Kier alpha value is -3.03. The first-order valence-corrected chi connectivity index (χ1v) is 9.16. The molecule has 8 nitrogen and oxygen atoms in total. The second-order valence-electron chi connectivity index (χ2n) is 7.74. The summed E-state index contributed by atoms with van der Waals surface area (Å²) in [6, 6.07) is 7.14. The standard InChI is InChI=1S/C20H26N4O4/c1-20(2,3)28-19(26)24-10-9-16-15(12-24)17(23(4)22-16)18(25)21-13-7-6-8-14(11-13)27-5/h6-8,11H,9-10,12H2,1-5H3,(H,21,25). The lowest BCUT2D eigenvalue weighted by Gasteiger charge is -2.29.